The highest BCUT2D eigenvalue weighted by Crippen LogP contribution is 2.21. The maximum Gasteiger partial charge on any atom is 0.264 e. The van der Waals surface area contributed by atoms with E-state index in [2.05, 4.69) is 6.07 Å². The van der Waals surface area contributed by atoms with E-state index in [1.165, 1.54) is 0 Å². The third kappa shape index (κ3) is 5.09. The number of ether oxygens (including phenoxy) is 1. The number of rotatable bonds is 5. The molecule has 25 heavy (non-hydrogen) atoms. The first-order chi connectivity index (χ1) is 11.8. The van der Waals surface area contributed by atoms with E-state index in [1.807, 2.05) is 56.0 Å². The normalized spacial score (nSPS) is 12.1. The molecule has 2 aromatic carbocycles. The van der Waals surface area contributed by atoms with Gasteiger partial charge in [0.25, 0.3) is 5.91 Å². The molecule has 1 atom stereocenters. The predicted octanol–water partition coefficient (Wildman–Crippen LogP) is 4.15. The first-order valence-electron chi connectivity index (χ1n) is 8.33. The van der Waals surface area contributed by atoms with Gasteiger partial charge in [-0.2, -0.15) is 5.26 Å². The van der Waals surface area contributed by atoms with Gasteiger partial charge in [-0.05, 0) is 51.5 Å². The number of hydrogen-bond acceptors (Lipinski definition) is 3. The van der Waals surface area contributed by atoms with Gasteiger partial charge in [0.15, 0.2) is 6.10 Å². The van der Waals surface area contributed by atoms with Crippen LogP contribution in [0.25, 0.3) is 0 Å². The van der Waals surface area contributed by atoms with E-state index < -0.39 is 6.10 Å². The van der Waals surface area contributed by atoms with Gasteiger partial charge in [0.2, 0.25) is 0 Å². The topological polar surface area (TPSA) is 53.3 Å². The SMILES string of the molecule is C[C@@H](Oc1cccc(C#N)c1)C(=O)N(Cc1ccccc1)C(C)(C)C. The fraction of sp³-hybridized carbons (Fsp3) is 0.333. The highest BCUT2D eigenvalue weighted by molar-refractivity contribution is 5.81. The van der Waals surface area contributed by atoms with Crippen molar-refractivity contribution in [2.45, 2.75) is 45.9 Å². The molecule has 0 heterocycles. The first kappa shape index (κ1) is 18.5. The van der Waals surface area contributed by atoms with Crippen LogP contribution in [0.2, 0.25) is 0 Å². The monoisotopic (exact) mass is 336 g/mol. The summed E-state index contributed by atoms with van der Waals surface area (Å²) in [5, 5.41) is 8.98. The number of hydrogen-bond donors (Lipinski definition) is 0. The lowest BCUT2D eigenvalue weighted by atomic mass is 10.0. The number of nitriles is 1. The minimum atomic E-state index is -0.642. The van der Waals surface area contributed by atoms with Crippen LogP contribution in [0.4, 0.5) is 0 Å². The van der Waals surface area contributed by atoms with Gasteiger partial charge in [-0.25, -0.2) is 0 Å². The Bertz CT molecular complexity index is 757. The number of amides is 1. The van der Waals surface area contributed by atoms with Gasteiger partial charge in [0, 0.05) is 12.1 Å². The largest absolute Gasteiger partial charge is 0.481 e. The van der Waals surface area contributed by atoms with Crippen LogP contribution >= 0.6 is 0 Å². The molecule has 4 nitrogen and oxygen atoms in total. The second kappa shape index (κ2) is 7.85. The van der Waals surface area contributed by atoms with Crippen molar-refractivity contribution < 1.29 is 9.53 Å². The number of nitrogens with zero attached hydrogens (tertiary/aromatic N) is 2. The van der Waals surface area contributed by atoms with E-state index in [-0.39, 0.29) is 11.4 Å². The number of carbonyl (C=O) groups excluding carboxylic acids is 1. The molecule has 0 aliphatic heterocycles. The van der Waals surface area contributed by atoms with E-state index in [1.54, 1.807) is 31.2 Å². The zero-order valence-corrected chi connectivity index (χ0v) is 15.2. The van der Waals surface area contributed by atoms with Gasteiger partial charge in [-0.3, -0.25) is 4.79 Å². The number of benzene rings is 2. The van der Waals surface area contributed by atoms with Crippen molar-refractivity contribution in [3.63, 3.8) is 0 Å². The summed E-state index contributed by atoms with van der Waals surface area (Å²) in [7, 11) is 0. The van der Waals surface area contributed by atoms with E-state index in [0.717, 1.165) is 5.56 Å². The summed E-state index contributed by atoms with van der Waals surface area (Å²) in [6, 6.07) is 18.8. The van der Waals surface area contributed by atoms with Crippen molar-refractivity contribution in [3.8, 4) is 11.8 Å². The molecule has 4 heteroatoms. The molecule has 0 fully saturated rings. The van der Waals surface area contributed by atoms with Crippen LogP contribution in [0.5, 0.6) is 5.75 Å². The third-order valence-electron chi connectivity index (χ3n) is 3.88. The molecular formula is C21H24N2O2. The summed E-state index contributed by atoms with van der Waals surface area (Å²) in [4.78, 5) is 14.8. The maximum absolute atomic E-state index is 13.0. The Labute approximate surface area is 149 Å². The van der Waals surface area contributed by atoms with Gasteiger partial charge in [0.05, 0.1) is 11.6 Å². The minimum Gasteiger partial charge on any atom is -0.481 e. The van der Waals surface area contributed by atoms with Crippen LogP contribution in [0.3, 0.4) is 0 Å². The fourth-order valence-electron chi connectivity index (χ4n) is 2.52. The molecule has 0 aliphatic carbocycles. The summed E-state index contributed by atoms with van der Waals surface area (Å²) in [6.45, 7) is 8.30. The average Bonchev–Trinajstić information content (AvgIpc) is 2.59. The molecule has 0 radical (unpaired) electrons. The quantitative estimate of drug-likeness (QED) is 0.824. The molecule has 0 saturated heterocycles. The summed E-state index contributed by atoms with van der Waals surface area (Å²) in [6.07, 6.45) is -0.642. The van der Waals surface area contributed by atoms with Gasteiger partial charge in [-0.1, -0.05) is 36.4 Å². The van der Waals surface area contributed by atoms with Crippen LogP contribution in [0.15, 0.2) is 54.6 Å². The summed E-state index contributed by atoms with van der Waals surface area (Å²) in [5.74, 6) is 0.437. The van der Waals surface area contributed by atoms with Crippen LogP contribution in [-0.4, -0.2) is 22.4 Å². The van der Waals surface area contributed by atoms with Crippen molar-refractivity contribution in [2.24, 2.45) is 0 Å². The molecule has 0 aromatic heterocycles. The van der Waals surface area contributed by atoms with Crippen LogP contribution in [0.1, 0.15) is 38.8 Å². The molecule has 0 bridgehead atoms. The smallest absolute Gasteiger partial charge is 0.264 e. The third-order valence-corrected chi connectivity index (χ3v) is 3.88. The zero-order chi connectivity index (χ0) is 18.4. The lowest BCUT2D eigenvalue weighted by Crippen LogP contribution is -2.50. The van der Waals surface area contributed by atoms with Crippen molar-refractivity contribution in [1.82, 2.24) is 4.90 Å². The van der Waals surface area contributed by atoms with Crippen molar-refractivity contribution in [3.05, 3.63) is 65.7 Å². The molecule has 0 spiro atoms. The minimum absolute atomic E-state index is 0.0845. The molecule has 0 unspecified atom stereocenters. The zero-order valence-electron chi connectivity index (χ0n) is 15.2. The summed E-state index contributed by atoms with van der Waals surface area (Å²) >= 11 is 0. The van der Waals surface area contributed by atoms with Crippen LogP contribution in [-0.2, 0) is 11.3 Å². The van der Waals surface area contributed by atoms with E-state index in [0.29, 0.717) is 17.9 Å². The molecule has 2 rings (SSSR count). The molecule has 0 aliphatic rings. The Balaban J connectivity index is 2.16. The van der Waals surface area contributed by atoms with E-state index in [4.69, 9.17) is 10.00 Å². The molecule has 2 aromatic rings. The Morgan fingerprint density at radius 2 is 1.84 bits per heavy atom. The lowest BCUT2D eigenvalue weighted by molar-refractivity contribution is -0.143. The Hall–Kier alpha value is -2.80. The van der Waals surface area contributed by atoms with Crippen molar-refractivity contribution in [2.75, 3.05) is 0 Å². The standard InChI is InChI=1S/C21H24N2O2/c1-16(25-19-12-8-11-18(13-19)14-22)20(24)23(21(2,3)4)15-17-9-6-5-7-10-17/h5-13,16H,15H2,1-4H3/t16-/m1/s1. The predicted molar refractivity (Wildman–Crippen MR) is 98.0 cm³/mol. The van der Waals surface area contributed by atoms with Gasteiger partial charge in [0.1, 0.15) is 5.75 Å². The Morgan fingerprint density at radius 3 is 2.44 bits per heavy atom. The Kier molecular flexibility index (Phi) is 5.82. The summed E-state index contributed by atoms with van der Waals surface area (Å²) < 4.78 is 5.79. The van der Waals surface area contributed by atoms with E-state index in [9.17, 15) is 4.79 Å². The van der Waals surface area contributed by atoms with E-state index >= 15 is 0 Å². The van der Waals surface area contributed by atoms with Crippen molar-refractivity contribution >= 4 is 5.91 Å². The summed E-state index contributed by atoms with van der Waals surface area (Å²) in [5.41, 5.74) is 1.25. The highest BCUT2D eigenvalue weighted by atomic mass is 16.5. The Morgan fingerprint density at radius 1 is 1.16 bits per heavy atom. The molecular weight excluding hydrogens is 312 g/mol. The maximum atomic E-state index is 13.0. The molecule has 1 amide bonds. The first-order valence-corrected chi connectivity index (χ1v) is 8.33. The fourth-order valence-corrected chi connectivity index (χ4v) is 2.52. The highest BCUT2D eigenvalue weighted by Gasteiger charge is 2.30. The molecule has 0 N–H and O–H groups in total. The van der Waals surface area contributed by atoms with Gasteiger partial charge in [-0.15, -0.1) is 0 Å². The second-order valence-corrected chi connectivity index (χ2v) is 6.98. The van der Waals surface area contributed by atoms with Crippen LogP contribution in [0, 0.1) is 11.3 Å². The second-order valence-electron chi connectivity index (χ2n) is 6.98. The van der Waals surface area contributed by atoms with Crippen LogP contribution < -0.4 is 4.74 Å². The average molecular weight is 336 g/mol. The molecule has 0 saturated carbocycles. The van der Waals surface area contributed by atoms with Crippen molar-refractivity contribution in [1.29, 1.82) is 5.26 Å². The van der Waals surface area contributed by atoms with Gasteiger partial charge < -0.3 is 9.64 Å². The van der Waals surface area contributed by atoms with Gasteiger partial charge >= 0.3 is 0 Å². The lowest BCUT2D eigenvalue weighted by Gasteiger charge is -2.37. The number of carbonyl (C=O) groups is 1. The molecule has 130 valence electrons.